The molecule has 1 aliphatic heterocycles. The number of pyridine rings is 1. The van der Waals surface area contributed by atoms with Crippen molar-refractivity contribution in [1.29, 1.82) is 0 Å². The molecule has 0 saturated carbocycles. The predicted octanol–water partition coefficient (Wildman–Crippen LogP) is 3.58. The van der Waals surface area contributed by atoms with Gasteiger partial charge in [-0.15, -0.1) is 10.2 Å². The second kappa shape index (κ2) is 6.89. The number of hydrogen-bond donors (Lipinski definition) is 1. The highest BCUT2D eigenvalue weighted by Gasteiger charge is 2.23. The van der Waals surface area contributed by atoms with E-state index in [9.17, 15) is 9.59 Å². The monoisotopic (exact) mass is 404 g/mol. The first-order valence-corrected chi connectivity index (χ1v) is 9.98. The largest absolute Gasteiger partial charge is 0.482 e. The van der Waals surface area contributed by atoms with Gasteiger partial charge in [-0.2, -0.15) is 0 Å². The second-order valence-electron chi connectivity index (χ2n) is 6.74. The third-order valence-electron chi connectivity index (χ3n) is 4.80. The van der Waals surface area contributed by atoms with Gasteiger partial charge in [0.1, 0.15) is 5.75 Å². The van der Waals surface area contributed by atoms with Gasteiger partial charge in [0.15, 0.2) is 23.2 Å². The SMILES string of the molecule is C[C@@H](Sc1nnc2ccc3ccccc3n12)C(=O)c1ccc2c(c1)NC(=O)CO2. The maximum absolute atomic E-state index is 13.0. The highest BCUT2D eigenvalue weighted by Crippen LogP contribution is 2.31. The standard InChI is InChI=1S/C21H16N4O3S/c1-12(20(27)14-6-8-17-15(10-14)22-19(26)11-28-17)29-21-24-23-18-9-7-13-4-2-3-5-16(13)25(18)21/h2-10,12H,11H2,1H3,(H,22,26)/t12-/m1/s1. The summed E-state index contributed by atoms with van der Waals surface area (Å²) in [7, 11) is 0. The van der Waals surface area contributed by atoms with Crippen molar-refractivity contribution in [3.63, 3.8) is 0 Å². The molecule has 1 atom stereocenters. The zero-order valence-corrected chi connectivity index (χ0v) is 16.3. The van der Waals surface area contributed by atoms with Crippen molar-refractivity contribution < 1.29 is 14.3 Å². The van der Waals surface area contributed by atoms with Crippen molar-refractivity contribution in [2.45, 2.75) is 17.3 Å². The van der Waals surface area contributed by atoms with Gasteiger partial charge in [-0.05, 0) is 48.7 Å². The maximum Gasteiger partial charge on any atom is 0.262 e. The Bertz CT molecular complexity index is 1280. The number of Topliss-reactive ketones (excluding diaryl/α,β-unsaturated/α-hetero) is 1. The third-order valence-corrected chi connectivity index (χ3v) is 5.84. The molecule has 8 heteroatoms. The van der Waals surface area contributed by atoms with E-state index in [2.05, 4.69) is 15.5 Å². The maximum atomic E-state index is 13.0. The van der Waals surface area contributed by atoms with E-state index in [1.165, 1.54) is 11.8 Å². The molecule has 1 amide bonds. The summed E-state index contributed by atoms with van der Waals surface area (Å²) < 4.78 is 7.32. The summed E-state index contributed by atoms with van der Waals surface area (Å²) in [6.45, 7) is 1.83. The van der Waals surface area contributed by atoms with Gasteiger partial charge < -0.3 is 10.1 Å². The second-order valence-corrected chi connectivity index (χ2v) is 8.05. The summed E-state index contributed by atoms with van der Waals surface area (Å²) in [5.74, 6) is 0.275. The number of anilines is 1. The molecule has 5 rings (SSSR count). The van der Waals surface area contributed by atoms with Crippen molar-refractivity contribution in [2.24, 2.45) is 0 Å². The molecule has 0 spiro atoms. The fourth-order valence-corrected chi connectivity index (χ4v) is 4.32. The van der Waals surface area contributed by atoms with Crippen molar-refractivity contribution in [3.05, 3.63) is 60.2 Å². The molecular formula is C21H16N4O3S. The van der Waals surface area contributed by atoms with Crippen molar-refractivity contribution >= 4 is 45.7 Å². The van der Waals surface area contributed by atoms with Gasteiger partial charge in [0, 0.05) is 5.56 Å². The number of nitrogens with zero attached hydrogens (tertiary/aromatic N) is 3. The van der Waals surface area contributed by atoms with E-state index in [0.717, 1.165) is 16.6 Å². The predicted molar refractivity (Wildman–Crippen MR) is 111 cm³/mol. The number of aromatic nitrogens is 3. The minimum Gasteiger partial charge on any atom is -0.482 e. The summed E-state index contributed by atoms with van der Waals surface area (Å²) in [5.41, 5.74) is 2.75. The van der Waals surface area contributed by atoms with Gasteiger partial charge in [-0.1, -0.05) is 30.0 Å². The van der Waals surface area contributed by atoms with E-state index in [1.54, 1.807) is 18.2 Å². The Balaban J connectivity index is 1.45. The summed E-state index contributed by atoms with van der Waals surface area (Å²) >= 11 is 1.36. The molecular weight excluding hydrogens is 388 g/mol. The molecule has 0 fully saturated rings. The summed E-state index contributed by atoms with van der Waals surface area (Å²) in [6, 6.07) is 17.0. The fourth-order valence-electron chi connectivity index (χ4n) is 3.37. The van der Waals surface area contributed by atoms with Gasteiger partial charge >= 0.3 is 0 Å². The molecule has 0 unspecified atom stereocenters. The van der Waals surface area contributed by atoms with Crippen molar-refractivity contribution in [3.8, 4) is 5.75 Å². The van der Waals surface area contributed by atoms with Crippen LogP contribution in [0.15, 0.2) is 59.8 Å². The number of benzene rings is 2. The van der Waals surface area contributed by atoms with Crippen LogP contribution in [0.5, 0.6) is 5.75 Å². The zero-order chi connectivity index (χ0) is 20.0. The lowest BCUT2D eigenvalue weighted by Crippen LogP contribution is -2.25. The van der Waals surface area contributed by atoms with Crippen LogP contribution in [0.4, 0.5) is 5.69 Å². The molecule has 4 aromatic rings. The van der Waals surface area contributed by atoms with Crippen LogP contribution < -0.4 is 10.1 Å². The average molecular weight is 404 g/mol. The number of fused-ring (bicyclic) bond motifs is 4. The Morgan fingerprint density at radius 3 is 2.93 bits per heavy atom. The van der Waals surface area contributed by atoms with E-state index >= 15 is 0 Å². The van der Waals surface area contributed by atoms with Crippen LogP contribution in [0.2, 0.25) is 0 Å². The van der Waals surface area contributed by atoms with Crippen LogP contribution >= 0.6 is 11.8 Å². The van der Waals surface area contributed by atoms with Gasteiger partial charge in [0.05, 0.1) is 16.5 Å². The normalized spacial score (nSPS) is 14.3. The lowest BCUT2D eigenvalue weighted by Gasteiger charge is -2.19. The molecule has 0 aliphatic carbocycles. The number of nitrogens with one attached hydrogen (secondary N) is 1. The van der Waals surface area contributed by atoms with Gasteiger partial charge in [0.25, 0.3) is 5.91 Å². The number of thioether (sulfide) groups is 1. The van der Waals surface area contributed by atoms with E-state index in [4.69, 9.17) is 4.74 Å². The van der Waals surface area contributed by atoms with Gasteiger partial charge in [-0.25, -0.2) is 0 Å². The Kier molecular flexibility index (Phi) is 4.21. The molecule has 1 aliphatic rings. The Morgan fingerprint density at radius 1 is 1.17 bits per heavy atom. The summed E-state index contributed by atoms with van der Waals surface area (Å²) in [5, 5.41) is 12.6. The van der Waals surface area contributed by atoms with E-state index in [1.807, 2.05) is 47.7 Å². The zero-order valence-electron chi connectivity index (χ0n) is 15.5. The van der Waals surface area contributed by atoms with Crippen LogP contribution in [0.25, 0.3) is 16.6 Å². The van der Waals surface area contributed by atoms with E-state index in [-0.39, 0.29) is 23.5 Å². The number of carbonyl (C=O) groups is 2. The first-order chi connectivity index (χ1) is 14.1. The van der Waals surface area contributed by atoms with Crippen LogP contribution in [-0.2, 0) is 4.79 Å². The number of amides is 1. The summed E-state index contributed by atoms with van der Waals surface area (Å²) in [4.78, 5) is 24.5. The highest BCUT2D eigenvalue weighted by molar-refractivity contribution is 8.00. The van der Waals surface area contributed by atoms with Gasteiger partial charge in [-0.3, -0.25) is 14.0 Å². The van der Waals surface area contributed by atoms with Crippen molar-refractivity contribution in [1.82, 2.24) is 14.6 Å². The Hall–Kier alpha value is -3.39. The van der Waals surface area contributed by atoms with Crippen LogP contribution in [0, 0.1) is 0 Å². The lowest BCUT2D eigenvalue weighted by molar-refractivity contribution is -0.118. The molecule has 0 radical (unpaired) electrons. The highest BCUT2D eigenvalue weighted by atomic mass is 32.2. The summed E-state index contributed by atoms with van der Waals surface area (Å²) in [6.07, 6.45) is 0. The number of rotatable bonds is 4. The number of hydrogen-bond acceptors (Lipinski definition) is 6. The molecule has 1 N–H and O–H groups in total. The number of para-hydroxylation sites is 1. The van der Waals surface area contributed by atoms with Crippen LogP contribution in [0.3, 0.4) is 0 Å². The molecule has 29 heavy (non-hydrogen) atoms. The number of carbonyl (C=O) groups excluding carboxylic acids is 2. The molecule has 144 valence electrons. The van der Waals surface area contributed by atoms with Crippen LogP contribution in [-0.4, -0.2) is 38.1 Å². The minimum atomic E-state index is -0.389. The first kappa shape index (κ1) is 17.7. The Labute approximate surface area is 170 Å². The molecule has 0 bridgehead atoms. The molecule has 0 saturated heterocycles. The van der Waals surface area contributed by atoms with E-state index < -0.39 is 0 Å². The molecule has 2 aromatic heterocycles. The molecule has 2 aromatic carbocycles. The quantitative estimate of drug-likeness (QED) is 0.413. The number of ether oxygens (including phenoxy) is 1. The van der Waals surface area contributed by atoms with Crippen molar-refractivity contribution in [2.75, 3.05) is 11.9 Å². The Morgan fingerprint density at radius 2 is 2.03 bits per heavy atom. The minimum absolute atomic E-state index is 0.0134. The number of ketones is 1. The van der Waals surface area contributed by atoms with Crippen LogP contribution in [0.1, 0.15) is 17.3 Å². The average Bonchev–Trinajstić information content (AvgIpc) is 3.15. The fraction of sp³-hybridized carbons (Fsp3) is 0.143. The molecule has 7 nitrogen and oxygen atoms in total. The lowest BCUT2D eigenvalue weighted by atomic mass is 10.1. The van der Waals surface area contributed by atoms with Gasteiger partial charge in [0.2, 0.25) is 0 Å². The topological polar surface area (TPSA) is 85.6 Å². The smallest absolute Gasteiger partial charge is 0.262 e. The first-order valence-electron chi connectivity index (χ1n) is 9.10. The van der Waals surface area contributed by atoms with E-state index in [0.29, 0.717) is 22.2 Å². The third kappa shape index (κ3) is 3.11. The molecule has 3 heterocycles.